The normalized spacial score (nSPS) is 12.9. The van der Waals surface area contributed by atoms with Crippen molar-refractivity contribution in [2.24, 2.45) is 5.84 Å². The van der Waals surface area contributed by atoms with Crippen LogP contribution < -0.4 is 11.3 Å². The molecule has 104 valence electrons. The molecular formula is C14H15FN4S. The smallest absolute Gasteiger partial charge is 0.193 e. The second-order valence-corrected chi connectivity index (χ2v) is 5.65. The van der Waals surface area contributed by atoms with Gasteiger partial charge in [0.05, 0.1) is 11.7 Å². The molecule has 4 nitrogen and oxygen atoms in total. The van der Waals surface area contributed by atoms with E-state index in [1.807, 2.05) is 35.2 Å². The fourth-order valence-electron chi connectivity index (χ4n) is 2.26. The maximum absolute atomic E-state index is 14.0. The highest BCUT2D eigenvalue weighted by Crippen LogP contribution is 2.22. The minimum absolute atomic E-state index is 0.242. The molecule has 0 radical (unpaired) electrons. The van der Waals surface area contributed by atoms with Crippen LogP contribution in [0.4, 0.5) is 4.39 Å². The number of benzene rings is 1. The van der Waals surface area contributed by atoms with Gasteiger partial charge in [0.2, 0.25) is 0 Å². The fraction of sp³-hybridized carbons (Fsp3) is 0.214. The average molecular weight is 290 g/mol. The van der Waals surface area contributed by atoms with Crippen molar-refractivity contribution >= 4 is 16.3 Å². The van der Waals surface area contributed by atoms with Gasteiger partial charge in [-0.1, -0.05) is 12.1 Å². The van der Waals surface area contributed by atoms with E-state index in [1.165, 1.54) is 6.07 Å². The highest BCUT2D eigenvalue weighted by Gasteiger charge is 2.17. The molecule has 6 heteroatoms. The lowest BCUT2D eigenvalue weighted by Crippen LogP contribution is -2.30. The Hall–Kier alpha value is -1.76. The quantitative estimate of drug-likeness (QED) is 0.573. The van der Waals surface area contributed by atoms with Crippen LogP contribution in [-0.4, -0.2) is 9.38 Å². The van der Waals surface area contributed by atoms with E-state index in [1.54, 1.807) is 17.4 Å². The third kappa shape index (κ3) is 2.45. The van der Waals surface area contributed by atoms with E-state index >= 15 is 0 Å². The van der Waals surface area contributed by atoms with Gasteiger partial charge >= 0.3 is 0 Å². The summed E-state index contributed by atoms with van der Waals surface area (Å²) in [6.45, 7) is 1.86. The maximum atomic E-state index is 14.0. The van der Waals surface area contributed by atoms with Gasteiger partial charge in [-0.3, -0.25) is 15.7 Å². The first-order valence-corrected chi connectivity index (χ1v) is 7.18. The molecular weight excluding hydrogens is 275 g/mol. The van der Waals surface area contributed by atoms with Gasteiger partial charge in [0, 0.05) is 29.8 Å². The second kappa shape index (κ2) is 5.32. The molecule has 2 aromatic heterocycles. The van der Waals surface area contributed by atoms with Gasteiger partial charge in [0.1, 0.15) is 5.82 Å². The largest absolute Gasteiger partial charge is 0.297 e. The van der Waals surface area contributed by atoms with Gasteiger partial charge in [-0.25, -0.2) is 9.37 Å². The third-order valence-electron chi connectivity index (χ3n) is 3.29. The van der Waals surface area contributed by atoms with Crippen molar-refractivity contribution in [3.63, 3.8) is 0 Å². The first kappa shape index (κ1) is 13.2. The average Bonchev–Trinajstić information content (AvgIpc) is 2.97. The first-order valence-electron chi connectivity index (χ1n) is 6.30. The Morgan fingerprint density at radius 2 is 2.35 bits per heavy atom. The van der Waals surface area contributed by atoms with E-state index in [-0.39, 0.29) is 11.9 Å². The van der Waals surface area contributed by atoms with Crippen molar-refractivity contribution in [1.82, 2.24) is 14.8 Å². The highest BCUT2D eigenvalue weighted by molar-refractivity contribution is 7.15. The zero-order valence-electron chi connectivity index (χ0n) is 11.0. The number of aromatic nitrogens is 2. The SMILES string of the molecule is Cc1ccc(C(Cc2cn3ccsc3n2)NN)c(F)c1. The third-order valence-corrected chi connectivity index (χ3v) is 4.06. The molecule has 3 aromatic rings. The zero-order valence-corrected chi connectivity index (χ0v) is 11.8. The standard InChI is InChI=1S/C14H15FN4S/c1-9-2-3-11(12(15)6-9)13(18-16)7-10-8-19-4-5-20-14(19)17-10/h2-6,8,13,18H,7,16H2,1H3. The topological polar surface area (TPSA) is 55.3 Å². The lowest BCUT2D eigenvalue weighted by Gasteiger charge is -2.16. The van der Waals surface area contributed by atoms with Crippen LogP contribution >= 0.6 is 11.3 Å². The van der Waals surface area contributed by atoms with E-state index in [2.05, 4.69) is 10.4 Å². The summed E-state index contributed by atoms with van der Waals surface area (Å²) >= 11 is 1.57. The lowest BCUT2D eigenvalue weighted by molar-refractivity contribution is 0.507. The van der Waals surface area contributed by atoms with E-state index in [0.29, 0.717) is 12.0 Å². The summed E-state index contributed by atoms with van der Waals surface area (Å²) in [6, 6.07) is 4.88. The number of hydrogen-bond donors (Lipinski definition) is 2. The van der Waals surface area contributed by atoms with Crippen LogP contribution in [0.3, 0.4) is 0 Å². The number of rotatable bonds is 4. The molecule has 0 saturated heterocycles. The number of nitrogens with two attached hydrogens (primary N) is 1. The van der Waals surface area contributed by atoms with E-state index < -0.39 is 0 Å². The molecule has 0 aliphatic rings. The van der Waals surface area contributed by atoms with Gasteiger partial charge in [-0.15, -0.1) is 11.3 Å². The van der Waals surface area contributed by atoms with E-state index in [4.69, 9.17) is 5.84 Å². The molecule has 0 saturated carbocycles. The summed E-state index contributed by atoms with van der Waals surface area (Å²) in [5.41, 5.74) is 5.02. The molecule has 0 spiro atoms. The van der Waals surface area contributed by atoms with Crippen molar-refractivity contribution in [3.8, 4) is 0 Å². The number of hydrazine groups is 1. The van der Waals surface area contributed by atoms with Gasteiger partial charge < -0.3 is 0 Å². The predicted octanol–water partition coefficient (Wildman–Crippen LogP) is 2.59. The Balaban J connectivity index is 1.88. The van der Waals surface area contributed by atoms with Crippen LogP contribution in [-0.2, 0) is 6.42 Å². The Labute approximate surface area is 120 Å². The fourth-order valence-corrected chi connectivity index (χ4v) is 2.98. The number of nitrogens with zero attached hydrogens (tertiary/aromatic N) is 2. The molecule has 3 rings (SSSR count). The Morgan fingerprint density at radius 1 is 1.50 bits per heavy atom. The van der Waals surface area contributed by atoms with Crippen LogP contribution in [0.25, 0.3) is 4.96 Å². The number of nitrogens with one attached hydrogen (secondary N) is 1. The first-order chi connectivity index (χ1) is 9.67. The Morgan fingerprint density at radius 3 is 3.05 bits per heavy atom. The van der Waals surface area contributed by atoms with Gasteiger partial charge in [0.25, 0.3) is 0 Å². The number of halogens is 1. The molecule has 1 unspecified atom stereocenters. The van der Waals surface area contributed by atoms with Crippen molar-refractivity contribution in [2.75, 3.05) is 0 Å². The monoisotopic (exact) mass is 290 g/mol. The van der Waals surface area contributed by atoms with Crippen LogP contribution in [0.1, 0.15) is 22.9 Å². The summed E-state index contributed by atoms with van der Waals surface area (Å²) < 4.78 is 16.0. The summed E-state index contributed by atoms with van der Waals surface area (Å²) in [7, 11) is 0. The maximum Gasteiger partial charge on any atom is 0.193 e. The molecule has 0 amide bonds. The number of imidazole rings is 1. The summed E-state index contributed by atoms with van der Waals surface area (Å²) in [5, 5.41) is 1.98. The van der Waals surface area contributed by atoms with Crippen LogP contribution in [0.15, 0.2) is 36.0 Å². The molecule has 0 aliphatic heterocycles. The van der Waals surface area contributed by atoms with E-state index in [9.17, 15) is 4.39 Å². The summed E-state index contributed by atoms with van der Waals surface area (Å²) in [5.74, 6) is 5.34. The van der Waals surface area contributed by atoms with Crippen LogP contribution in [0, 0.1) is 12.7 Å². The van der Waals surface area contributed by atoms with Crippen molar-refractivity contribution in [1.29, 1.82) is 0 Å². The van der Waals surface area contributed by atoms with Gasteiger partial charge in [0.15, 0.2) is 4.96 Å². The Bertz CT molecular complexity index is 705. The zero-order chi connectivity index (χ0) is 14.1. The number of hydrogen-bond acceptors (Lipinski definition) is 4. The lowest BCUT2D eigenvalue weighted by atomic mass is 10.0. The van der Waals surface area contributed by atoms with Crippen molar-refractivity contribution in [2.45, 2.75) is 19.4 Å². The summed E-state index contributed by atoms with van der Waals surface area (Å²) in [6.07, 6.45) is 4.45. The minimum atomic E-state index is -0.291. The molecule has 1 aromatic carbocycles. The second-order valence-electron chi connectivity index (χ2n) is 4.77. The molecule has 2 heterocycles. The molecule has 0 bridgehead atoms. The number of thiazole rings is 1. The van der Waals surface area contributed by atoms with Crippen molar-refractivity contribution < 1.29 is 4.39 Å². The Kier molecular flexibility index (Phi) is 3.52. The molecule has 0 fully saturated rings. The number of fused-ring (bicyclic) bond motifs is 1. The molecule has 3 N–H and O–H groups in total. The van der Waals surface area contributed by atoms with Crippen LogP contribution in [0.2, 0.25) is 0 Å². The highest BCUT2D eigenvalue weighted by atomic mass is 32.1. The summed E-state index contributed by atoms with van der Waals surface area (Å²) in [4.78, 5) is 5.43. The minimum Gasteiger partial charge on any atom is -0.297 e. The van der Waals surface area contributed by atoms with E-state index in [0.717, 1.165) is 16.2 Å². The molecule has 0 aliphatic carbocycles. The molecule has 20 heavy (non-hydrogen) atoms. The van der Waals surface area contributed by atoms with Crippen LogP contribution in [0.5, 0.6) is 0 Å². The van der Waals surface area contributed by atoms with Gasteiger partial charge in [-0.05, 0) is 18.6 Å². The molecule has 1 atom stereocenters. The predicted molar refractivity (Wildman–Crippen MR) is 78.0 cm³/mol. The van der Waals surface area contributed by atoms with Gasteiger partial charge in [-0.2, -0.15) is 0 Å². The van der Waals surface area contributed by atoms with Crippen molar-refractivity contribution in [3.05, 3.63) is 58.6 Å². The number of aryl methyl sites for hydroxylation is 1.